The van der Waals surface area contributed by atoms with Crippen molar-refractivity contribution in [2.24, 2.45) is 5.10 Å². The van der Waals surface area contributed by atoms with Crippen molar-refractivity contribution in [1.82, 2.24) is 5.43 Å². The maximum atomic E-state index is 11.2. The van der Waals surface area contributed by atoms with E-state index in [1.807, 2.05) is 30.3 Å². The minimum atomic E-state index is -2.83. The molecule has 5 heteroatoms. The van der Waals surface area contributed by atoms with Gasteiger partial charge < -0.3 is 5.43 Å². The summed E-state index contributed by atoms with van der Waals surface area (Å²) < 4.78 is 22.4. The van der Waals surface area contributed by atoms with Gasteiger partial charge in [0.05, 0.1) is 23.8 Å². The number of benzene rings is 1. The molecule has 1 aromatic carbocycles. The van der Waals surface area contributed by atoms with Crippen LogP contribution in [0.2, 0.25) is 0 Å². The van der Waals surface area contributed by atoms with Crippen LogP contribution in [0.1, 0.15) is 12.0 Å². The van der Waals surface area contributed by atoms with E-state index in [1.54, 1.807) is 6.21 Å². The van der Waals surface area contributed by atoms with Crippen LogP contribution < -0.4 is 5.43 Å². The quantitative estimate of drug-likeness (QED) is 0.626. The molecule has 86 valence electrons. The standard InChI is InChI=1S/C11H14N2O2S/c14-16(15)7-6-11(9-16)13-12-8-10-4-2-1-3-5-10/h1-5,8,11,13H,6-7,9H2/b12-8-. The van der Waals surface area contributed by atoms with Crippen molar-refractivity contribution in [2.75, 3.05) is 11.5 Å². The minimum absolute atomic E-state index is 0.0371. The van der Waals surface area contributed by atoms with Crippen molar-refractivity contribution in [1.29, 1.82) is 0 Å². The SMILES string of the molecule is O=S1(=O)CCC(N/N=C\c2ccccc2)C1. The Morgan fingerprint density at radius 1 is 1.31 bits per heavy atom. The van der Waals surface area contributed by atoms with Crippen molar-refractivity contribution in [3.8, 4) is 0 Å². The summed E-state index contributed by atoms with van der Waals surface area (Å²) in [4.78, 5) is 0. The number of hydrogen-bond donors (Lipinski definition) is 1. The largest absolute Gasteiger partial charge is 0.306 e. The summed E-state index contributed by atoms with van der Waals surface area (Å²) in [6, 6.07) is 9.65. The van der Waals surface area contributed by atoms with Crippen LogP contribution in [-0.4, -0.2) is 32.2 Å². The molecule has 1 unspecified atom stereocenters. The summed E-state index contributed by atoms with van der Waals surface area (Å²) in [7, 11) is -2.83. The Balaban J connectivity index is 1.87. The Kier molecular flexibility index (Phi) is 3.24. The van der Waals surface area contributed by atoms with Crippen molar-refractivity contribution < 1.29 is 8.42 Å². The lowest BCUT2D eigenvalue weighted by molar-refractivity contribution is 0.578. The van der Waals surface area contributed by atoms with Gasteiger partial charge in [-0.3, -0.25) is 0 Å². The molecule has 1 fully saturated rings. The molecular weight excluding hydrogens is 224 g/mol. The van der Waals surface area contributed by atoms with Crippen LogP contribution in [0.15, 0.2) is 35.4 Å². The van der Waals surface area contributed by atoms with Crippen LogP contribution in [0, 0.1) is 0 Å². The van der Waals surface area contributed by atoms with Crippen LogP contribution in [-0.2, 0) is 9.84 Å². The van der Waals surface area contributed by atoms with E-state index in [4.69, 9.17) is 0 Å². The fourth-order valence-corrected chi connectivity index (χ4v) is 3.32. The maximum absolute atomic E-state index is 11.2. The van der Waals surface area contributed by atoms with E-state index in [-0.39, 0.29) is 17.5 Å². The number of rotatable bonds is 3. The molecule has 0 aliphatic carbocycles. The van der Waals surface area contributed by atoms with Gasteiger partial charge in [-0.1, -0.05) is 30.3 Å². The van der Waals surface area contributed by atoms with Gasteiger partial charge in [-0.2, -0.15) is 5.10 Å². The number of hydrogen-bond acceptors (Lipinski definition) is 4. The van der Waals surface area contributed by atoms with E-state index in [0.29, 0.717) is 6.42 Å². The summed E-state index contributed by atoms with van der Waals surface area (Å²) in [6.45, 7) is 0. The predicted molar refractivity (Wildman–Crippen MR) is 64.2 cm³/mol. The van der Waals surface area contributed by atoms with Gasteiger partial charge in [0, 0.05) is 0 Å². The van der Waals surface area contributed by atoms with Crippen LogP contribution in [0.3, 0.4) is 0 Å². The number of sulfone groups is 1. The highest BCUT2D eigenvalue weighted by Gasteiger charge is 2.27. The summed E-state index contributed by atoms with van der Waals surface area (Å²) in [6.07, 6.45) is 2.35. The summed E-state index contributed by atoms with van der Waals surface area (Å²) in [5, 5.41) is 4.05. The van der Waals surface area contributed by atoms with Gasteiger partial charge in [0.25, 0.3) is 0 Å². The molecule has 0 bridgehead atoms. The van der Waals surface area contributed by atoms with E-state index in [0.717, 1.165) is 5.56 Å². The van der Waals surface area contributed by atoms with Crippen molar-refractivity contribution in [3.63, 3.8) is 0 Å². The smallest absolute Gasteiger partial charge is 0.152 e. The number of nitrogens with zero attached hydrogens (tertiary/aromatic N) is 1. The number of nitrogens with one attached hydrogen (secondary N) is 1. The third kappa shape index (κ3) is 3.06. The first kappa shape index (κ1) is 11.1. The van der Waals surface area contributed by atoms with Crippen molar-refractivity contribution >= 4 is 16.1 Å². The van der Waals surface area contributed by atoms with Crippen LogP contribution in [0.4, 0.5) is 0 Å². The second kappa shape index (κ2) is 4.65. The molecule has 1 aliphatic heterocycles. The Morgan fingerprint density at radius 3 is 2.69 bits per heavy atom. The summed E-state index contributed by atoms with van der Waals surface area (Å²) >= 11 is 0. The lowest BCUT2D eigenvalue weighted by Gasteiger charge is -2.05. The average Bonchev–Trinajstić information content (AvgIpc) is 2.60. The van der Waals surface area contributed by atoms with Gasteiger partial charge in [0.1, 0.15) is 0 Å². The fourth-order valence-electron chi connectivity index (χ4n) is 1.65. The zero-order valence-corrected chi connectivity index (χ0v) is 9.65. The van der Waals surface area contributed by atoms with E-state index >= 15 is 0 Å². The third-order valence-electron chi connectivity index (χ3n) is 2.50. The first-order valence-electron chi connectivity index (χ1n) is 5.20. The van der Waals surface area contributed by atoms with E-state index in [2.05, 4.69) is 10.5 Å². The van der Waals surface area contributed by atoms with Gasteiger partial charge in [0.15, 0.2) is 9.84 Å². The van der Waals surface area contributed by atoms with Crippen LogP contribution in [0.25, 0.3) is 0 Å². The Morgan fingerprint density at radius 2 is 2.06 bits per heavy atom. The summed E-state index contributed by atoms with van der Waals surface area (Å²) in [5.41, 5.74) is 3.87. The molecule has 1 heterocycles. The molecule has 16 heavy (non-hydrogen) atoms. The zero-order valence-electron chi connectivity index (χ0n) is 8.83. The summed E-state index contributed by atoms with van der Waals surface area (Å²) in [5.74, 6) is 0.463. The first-order valence-corrected chi connectivity index (χ1v) is 7.02. The van der Waals surface area contributed by atoms with Gasteiger partial charge in [-0.05, 0) is 12.0 Å². The zero-order chi connectivity index (χ0) is 11.4. The lowest BCUT2D eigenvalue weighted by atomic mass is 10.2. The molecule has 1 saturated heterocycles. The van der Waals surface area contributed by atoms with Crippen LogP contribution in [0.5, 0.6) is 0 Å². The monoisotopic (exact) mass is 238 g/mol. The fraction of sp³-hybridized carbons (Fsp3) is 0.364. The Labute approximate surface area is 95.3 Å². The topological polar surface area (TPSA) is 58.5 Å². The van der Waals surface area contributed by atoms with Gasteiger partial charge >= 0.3 is 0 Å². The molecule has 1 N–H and O–H groups in total. The normalized spacial score (nSPS) is 23.6. The van der Waals surface area contributed by atoms with E-state index < -0.39 is 9.84 Å². The average molecular weight is 238 g/mol. The molecule has 0 saturated carbocycles. The number of hydrazone groups is 1. The lowest BCUT2D eigenvalue weighted by Crippen LogP contribution is -2.25. The van der Waals surface area contributed by atoms with Gasteiger partial charge in [-0.25, -0.2) is 8.42 Å². The molecule has 0 amide bonds. The molecular formula is C11H14N2O2S. The second-order valence-electron chi connectivity index (χ2n) is 3.90. The van der Waals surface area contributed by atoms with E-state index in [1.165, 1.54) is 0 Å². The third-order valence-corrected chi connectivity index (χ3v) is 4.27. The second-order valence-corrected chi connectivity index (χ2v) is 6.13. The molecule has 2 rings (SSSR count). The molecule has 0 radical (unpaired) electrons. The maximum Gasteiger partial charge on any atom is 0.152 e. The minimum Gasteiger partial charge on any atom is -0.306 e. The molecule has 0 spiro atoms. The van der Waals surface area contributed by atoms with Gasteiger partial charge in [-0.15, -0.1) is 0 Å². The Hall–Kier alpha value is -1.36. The first-order chi connectivity index (χ1) is 7.66. The van der Waals surface area contributed by atoms with Crippen molar-refractivity contribution in [3.05, 3.63) is 35.9 Å². The van der Waals surface area contributed by atoms with Crippen LogP contribution >= 0.6 is 0 Å². The predicted octanol–water partition coefficient (Wildman–Crippen LogP) is 0.797. The highest BCUT2D eigenvalue weighted by Crippen LogP contribution is 2.10. The molecule has 1 atom stereocenters. The van der Waals surface area contributed by atoms with Crippen molar-refractivity contribution in [2.45, 2.75) is 12.5 Å². The molecule has 1 aliphatic rings. The highest BCUT2D eigenvalue weighted by atomic mass is 32.2. The highest BCUT2D eigenvalue weighted by molar-refractivity contribution is 7.91. The van der Waals surface area contributed by atoms with E-state index in [9.17, 15) is 8.42 Å². The molecule has 0 aromatic heterocycles. The van der Waals surface area contributed by atoms with Gasteiger partial charge in [0.2, 0.25) is 0 Å². The molecule has 1 aromatic rings. The molecule has 4 nitrogen and oxygen atoms in total. The Bertz CT molecular complexity index is 468.